The molecule has 202 valence electrons. The number of rotatable bonds is 11. The lowest BCUT2D eigenvalue weighted by Crippen LogP contribution is -2.42. The number of fused-ring (bicyclic) bond motifs is 1. The number of nitrogens with one attached hydrogen (secondary N) is 2. The molecule has 9 nitrogen and oxygen atoms in total. The molecular weight excluding hydrogens is 503 g/mol. The van der Waals surface area contributed by atoms with Crippen molar-refractivity contribution in [3.8, 4) is 5.75 Å². The van der Waals surface area contributed by atoms with Crippen molar-refractivity contribution in [2.75, 3.05) is 6.61 Å². The summed E-state index contributed by atoms with van der Waals surface area (Å²) in [5.74, 6) is 0.0372. The van der Waals surface area contributed by atoms with E-state index in [1.54, 1.807) is 12.1 Å². The Labute approximate surface area is 216 Å². The Morgan fingerprint density at radius 1 is 1.26 bits per heavy atom. The average Bonchev–Trinajstić information content (AvgIpc) is 3.40. The summed E-state index contributed by atoms with van der Waals surface area (Å²) in [6.07, 6.45) is 3.29. The number of amides is 2. The third-order valence-corrected chi connectivity index (χ3v) is 6.70. The Kier molecular flexibility index (Phi) is 7.39. The molecule has 0 unspecified atom stereocenters. The summed E-state index contributed by atoms with van der Waals surface area (Å²) in [7, 11) is 0. The van der Waals surface area contributed by atoms with E-state index in [9.17, 15) is 22.8 Å². The van der Waals surface area contributed by atoms with E-state index >= 15 is 0 Å². The third kappa shape index (κ3) is 6.53. The standard InChI is InChI=1S/C26H28F3N5O4/c27-26(28,29)15-38-19-3-1-2-17(12-19)6-7-18-13-20-22(23(35)32-18)21(34(33-20)10-8-16-4-5-16)14-31-24(36)25-30-9-11-37-25/h1-3,9,11-12,16,18H,4-8,10,13-15H2,(H,31,36)(H,32,35)/t18-/m0/s1. The molecule has 1 atom stereocenters. The molecule has 1 aromatic carbocycles. The Bertz CT molecular complexity index is 1280. The number of ether oxygens (including phenoxy) is 1. The van der Waals surface area contributed by atoms with Crippen molar-refractivity contribution in [3.05, 3.63) is 65.1 Å². The lowest BCUT2D eigenvalue weighted by Gasteiger charge is -2.23. The van der Waals surface area contributed by atoms with Crippen molar-refractivity contribution in [1.82, 2.24) is 25.4 Å². The molecule has 0 radical (unpaired) electrons. The highest BCUT2D eigenvalue weighted by Gasteiger charge is 2.32. The molecule has 2 amide bonds. The number of carbonyl (C=O) groups is 2. The van der Waals surface area contributed by atoms with Gasteiger partial charge in [-0.3, -0.25) is 14.3 Å². The molecule has 1 saturated carbocycles. The molecule has 0 saturated heterocycles. The van der Waals surface area contributed by atoms with Gasteiger partial charge in [0.2, 0.25) is 0 Å². The zero-order valence-corrected chi connectivity index (χ0v) is 20.6. The average molecular weight is 532 g/mol. The van der Waals surface area contributed by atoms with E-state index in [1.165, 1.54) is 31.4 Å². The Balaban J connectivity index is 1.25. The van der Waals surface area contributed by atoms with Gasteiger partial charge in [0.15, 0.2) is 6.61 Å². The van der Waals surface area contributed by atoms with Crippen LogP contribution in [0.4, 0.5) is 13.2 Å². The summed E-state index contributed by atoms with van der Waals surface area (Å²) in [5.41, 5.74) is 2.62. The van der Waals surface area contributed by atoms with Crippen LogP contribution in [-0.2, 0) is 25.9 Å². The first-order chi connectivity index (χ1) is 18.2. The number of benzene rings is 1. The number of nitrogens with zero attached hydrogens (tertiary/aromatic N) is 3. The van der Waals surface area contributed by atoms with Crippen molar-refractivity contribution in [2.24, 2.45) is 5.92 Å². The van der Waals surface area contributed by atoms with Crippen LogP contribution in [0.3, 0.4) is 0 Å². The quantitative estimate of drug-likeness (QED) is 0.389. The molecule has 2 aliphatic rings. The van der Waals surface area contributed by atoms with E-state index in [0.717, 1.165) is 12.0 Å². The SMILES string of the molecule is O=C(NCc1c2c(nn1CCC1CC1)C[C@H](CCc1cccc(OCC(F)(F)F)c1)NC2=O)c1ncco1. The molecule has 3 heterocycles. The summed E-state index contributed by atoms with van der Waals surface area (Å²) in [4.78, 5) is 29.4. The molecule has 3 aromatic rings. The molecule has 2 aromatic heterocycles. The summed E-state index contributed by atoms with van der Waals surface area (Å²) < 4.78 is 49.1. The molecule has 2 N–H and O–H groups in total. The van der Waals surface area contributed by atoms with Crippen LogP contribution in [0, 0.1) is 5.92 Å². The summed E-state index contributed by atoms with van der Waals surface area (Å²) in [6.45, 7) is -0.580. The third-order valence-electron chi connectivity index (χ3n) is 6.70. The minimum Gasteiger partial charge on any atom is -0.484 e. The monoisotopic (exact) mass is 531 g/mol. The first-order valence-electron chi connectivity index (χ1n) is 12.6. The molecule has 1 aliphatic carbocycles. The van der Waals surface area contributed by atoms with Crippen LogP contribution in [0.5, 0.6) is 5.75 Å². The largest absolute Gasteiger partial charge is 0.484 e. The second-order valence-corrected chi connectivity index (χ2v) is 9.71. The van der Waals surface area contributed by atoms with Gasteiger partial charge in [0.05, 0.1) is 29.7 Å². The first-order valence-corrected chi connectivity index (χ1v) is 12.6. The fourth-order valence-corrected chi connectivity index (χ4v) is 4.62. The van der Waals surface area contributed by atoms with Crippen LogP contribution in [0.1, 0.15) is 63.7 Å². The topological polar surface area (TPSA) is 111 Å². The van der Waals surface area contributed by atoms with E-state index in [-0.39, 0.29) is 30.1 Å². The number of halogens is 3. The molecule has 1 fully saturated rings. The van der Waals surface area contributed by atoms with Gasteiger partial charge in [-0.05, 0) is 42.9 Å². The van der Waals surface area contributed by atoms with Gasteiger partial charge in [-0.15, -0.1) is 0 Å². The van der Waals surface area contributed by atoms with Gasteiger partial charge in [-0.1, -0.05) is 25.0 Å². The molecule has 0 bridgehead atoms. The van der Waals surface area contributed by atoms with E-state index in [2.05, 4.69) is 15.6 Å². The minimum absolute atomic E-state index is 0.0553. The van der Waals surface area contributed by atoms with Gasteiger partial charge in [-0.2, -0.15) is 18.3 Å². The van der Waals surface area contributed by atoms with Crippen LogP contribution >= 0.6 is 0 Å². The van der Waals surface area contributed by atoms with Crippen LogP contribution in [0.25, 0.3) is 0 Å². The summed E-state index contributed by atoms with van der Waals surface area (Å²) >= 11 is 0. The number of hydrogen-bond acceptors (Lipinski definition) is 6. The number of aryl methyl sites for hydroxylation is 2. The fraction of sp³-hybridized carbons (Fsp3) is 0.462. The van der Waals surface area contributed by atoms with Gasteiger partial charge in [0.1, 0.15) is 12.0 Å². The highest BCUT2D eigenvalue weighted by atomic mass is 19.4. The van der Waals surface area contributed by atoms with E-state index in [1.807, 2.05) is 10.7 Å². The van der Waals surface area contributed by atoms with Crippen molar-refractivity contribution < 1.29 is 31.9 Å². The number of carbonyl (C=O) groups excluding carboxylic acids is 2. The zero-order chi connectivity index (χ0) is 26.7. The van der Waals surface area contributed by atoms with Crippen molar-refractivity contribution in [1.29, 1.82) is 0 Å². The maximum atomic E-state index is 13.2. The van der Waals surface area contributed by atoms with Crippen molar-refractivity contribution >= 4 is 11.8 Å². The lowest BCUT2D eigenvalue weighted by atomic mass is 9.95. The smallest absolute Gasteiger partial charge is 0.422 e. The van der Waals surface area contributed by atoms with Crippen LogP contribution < -0.4 is 15.4 Å². The van der Waals surface area contributed by atoms with Crippen LogP contribution in [-0.4, -0.2) is 45.4 Å². The normalized spacial score (nSPS) is 17.1. The number of aromatic nitrogens is 3. The molecule has 12 heteroatoms. The maximum Gasteiger partial charge on any atom is 0.422 e. The van der Waals surface area contributed by atoms with Crippen LogP contribution in [0.2, 0.25) is 0 Å². The van der Waals surface area contributed by atoms with Gasteiger partial charge in [0, 0.05) is 19.0 Å². The molecule has 1 aliphatic heterocycles. The molecule has 5 rings (SSSR count). The van der Waals surface area contributed by atoms with E-state index < -0.39 is 18.7 Å². The Morgan fingerprint density at radius 3 is 2.84 bits per heavy atom. The van der Waals surface area contributed by atoms with Gasteiger partial charge in [0.25, 0.3) is 11.8 Å². The second kappa shape index (κ2) is 10.9. The van der Waals surface area contributed by atoms with Gasteiger partial charge in [-0.25, -0.2) is 4.98 Å². The van der Waals surface area contributed by atoms with Crippen molar-refractivity contribution in [3.63, 3.8) is 0 Å². The predicted octanol–water partition coefficient (Wildman–Crippen LogP) is 3.83. The Hall–Kier alpha value is -3.83. The maximum absolute atomic E-state index is 13.2. The first kappa shape index (κ1) is 25.8. The minimum atomic E-state index is -4.40. The van der Waals surface area contributed by atoms with Crippen molar-refractivity contribution in [2.45, 2.75) is 63.8 Å². The van der Waals surface area contributed by atoms with E-state index in [0.29, 0.717) is 48.7 Å². The molecule has 38 heavy (non-hydrogen) atoms. The molecular formula is C26H28F3N5O4. The number of hydrogen-bond donors (Lipinski definition) is 2. The van der Waals surface area contributed by atoms with E-state index in [4.69, 9.17) is 14.3 Å². The highest BCUT2D eigenvalue weighted by Crippen LogP contribution is 2.33. The van der Waals surface area contributed by atoms with Gasteiger partial charge >= 0.3 is 12.1 Å². The summed E-state index contributed by atoms with van der Waals surface area (Å²) in [6, 6.07) is 6.36. The Morgan fingerprint density at radius 2 is 2.11 bits per heavy atom. The molecule has 0 spiro atoms. The fourth-order valence-electron chi connectivity index (χ4n) is 4.62. The lowest BCUT2D eigenvalue weighted by molar-refractivity contribution is -0.153. The predicted molar refractivity (Wildman–Crippen MR) is 129 cm³/mol. The summed E-state index contributed by atoms with van der Waals surface area (Å²) in [5, 5.41) is 10.5. The van der Waals surface area contributed by atoms with Crippen LogP contribution in [0.15, 0.2) is 41.1 Å². The number of oxazole rings is 1. The number of alkyl halides is 3. The van der Waals surface area contributed by atoms with Gasteiger partial charge < -0.3 is 19.8 Å². The highest BCUT2D eigenvalue weighted by molar-refractivity contribution is 5.98. The second-order valence-electron chi connectivity index (χ2n) is 9.71. The zero-order valence-electron chi connectivity index (χ0n) is 20.6.